The fourth-order valence-electron chi connectivity index (χ4n) is 3.98. The first-order valence-corrected chi connectivity index (χ1v) is 11.0. The zero-order valence-electron chi connectivity index (χ0n) is 17.6. The van der Waals surface area contributed by atoms with Crippen LogP contribution in [0.2, 0.25) is 0 Å². The SMILES string of the molecule is CCC(CC(C)CCCC=CCCC(C)c1ccccc1)c1ccccc1. The first kappa shape index (κ1) is 21.5. The molecule has 0 aliphatic carbocycles. The van der Waals surface area contributed by atoms with E-state index < -0.39 is 0 Å². The van der Waals surface area contributed by atoms with Gasteiger partial charge < -0.3 is 0 Å². The summed E-state index contributed by atoms with van der Waals surface area (Å²) < 4.78 is 0. The summed E-state index contributed by atoms with van der Waals surface area (Å²) in [5, 5.41) is 0. The van der Waals surface area contributed by atoms with Crippen LogP contribution in [-0.4, -0.2) is 0 Å². The second kappa shape index (κ2) is 12.5. The fraction of sp³-hybridized carbons (Fsp3) is 0.481. The van der Waals surface area contributed by atoms with Crippen LogP contribution in [0.15, 0.2) is 72.8 Å². The van der Waals surface area contributed by atoms with Crippen molar-refractivity contribution in [3.63, 3.8) is 0 Å². The van der Waals surface area contributed by atoms with E-state index in [1.807, 2.05) is 0 Å². The smallest absolute Gasteiger partial charge is 0.0162 e. The van der Waals surface area contributed by atoms with Crippen molar-refractivity contribution in [1.29, 1.82) is 0 Å². The topological polar surface area (TPSA) is 0 Å². The van der Waals surface area contributed by atoms with Crippen LogP contribution in [-0.2, 0) is 0 Å². The van der Waals surface area contributed by atoms with E-state index in [1.54, 1.807) is 0 Å². The Kier molecular flexibility index (Phi) is 9.98. The maximum Gasteiger partial charge on any atom is -0.0162 e. The van der Waals surface area contributed by atoms with Crippen LogP contribution in [0.4, 0.5) is 0 Å². The normalized spacial score (nSPS) is 14.9. The summed E-state index contributed by atoms with van der Waals surface area (Å²) >= 11 is 0. The van der Waals surface area contributed by atoms with Crippen molar-refractivity contribution in [2.45, 2.75) is 77.6 Å². The molecule has 3 atom stereocenters. The van der Waals surface area contributed by atoms with Crippen molar-refractivity contribution in [3.8, 4) is 0 Å². The molecule has 0 aliphatic heterocycles. The van der Waals surface area contributed by atoms with Crippen LogP contribution in [0.5, 0.6) is 0 Å². The number of benzene rings is 2. The number of hydrogen-bond acceptors (Lipinski definition) is 0. The van der Waals surface area contributed by atoms with Gasteiger partial charge in [0.25, 0.3) is 0 Å². The Morgan fingerprint density at radius 1 is 0.741 bits per heavy atom. The largest absolute Gasteiger partial charge is 0.0885 e. The molecule has 0 heterocycles. The Bertz CT molecular complexity index is 626. The molecule has 0 amide bonds. The zero-order chi connectivity index (χ0) is 19.3. The average Bonchev–Trinajstić information content (AvgIpc) is 2.72. The quantitative estimate of drug-likeness (QED) is 0.262. The van der Waals surface area contributed by atoms with E-state index >= 15 is 0 Å². The minimum Gasteiger partial charge on any atom is -0.0885 e. The van der Waals surface area contributed by atoms with E-state index in [0.717, 1.165) is 11.8 Å². The third-order valence-corrected chi connectivity index (χ3v) is 5.82. The Balaban J connectivity index is 1.59. The number of hydrogen-bond donors (Lipinski definition) is 0. The Morgan fingerprint density at radius 2 is 1.33 bits per heavy atom. The van der Waals surface area contributed by atoms with Crippen LogP contribution in [0.3, 0.4) is 0 Å². The molecule has 0 nitrogen and oxygen atoms in total. The lowest BCUT2D eigenvalue weighted by Gasteiger charge is -2.20. The van der Waals surface area contributed by atoms with E-state index in [4.69, 9.17) is 0 Å². The van der Waals surface area contributed by atoms with Crippen molar-refractivity contribution in [3.05, 3.63) is 83.9 Å². The van der Waals surface area contributed by atoms with Crippen LogP contribution in [0.1, 0.15) is 88.7 Å². The molecule has 0 heteroatoms. The highest BCUT2D eigenvalue weighted by molar-refractivity contribution is 5.19. The minimum absolute atomic E-state index is 0.653. The maximum absolute atomic E-state index is 2.43. The van der Waals surface area contributed by atoms with Gasteiger partial charge in [0, 0.05) is 0 Å². The van der Waals surface area contributed by atoms with Gasteiger partial charge in [0.1, 0.15) is 0 Å². The molecule has 0 radical (unpaired) electrons. The van der Waals surface area contributed by atoms with Gasteiger partial charge in [0.05, 0.1) is 0 Å². The molecule has 0 bridgehead atoms. The summed E-state index contributed by atoms with van der Waals surface area (Å²) in [5.41, 5.74) is 2.97. The third kappa shape index (κ3) is 8.16. The minimum atomic E-state index is 0.653. The predicted octanol–water partition coefficient (Wildman–Crippen LogP) is 8.52. The van der Waals surface area contributed by atoms with E-state index in [9.17, 15) is 0 Å². The molecule has 0 fully saturated rings. The van der Waals surface area contributed by atoms with Crippen molar-refractivity contribution in [1.82, 2.24) is 0 Å². The molecule has 0 N–H and O–H groups in total. The predicted molar refractivity (Wildman–Crippen MR) is 120 cm³/mol. The van der Waals surface area contributed by atoms with Crippen molar-refractivity contribution < 1.29 is 0 Å². The molecule has 0 spiro atoms. The maximum atomic E-state index is 2.43. The molecule has 0 saturated heterocycles. The zero-order valence-corrected chi connectivity index (χ0v) is 17.6. The van der Waals surface area contributed by atoms with Gasteiger partial charge in [-0.05, 0) is 67.4 Å². The molecule has 3 unspecified atom stereocenters. The Hall–Kier alpha value is -1.82. The highest BCUT2D eigenvalue weighted by Crippen LogP contribution is 2.29. The second-order valence-electron chi connectivity index (χ2n) is 8.15. The average molecular weight is 363 g/mol. The highest BCUT2D eigenvalue weighted by Gasteiger charge is 2.13. The van der Waals surface area contributed by atoms with Gasteiger partial charge in [-0.25, -0.2) is 0 Å². The van der Waals surface area contributed by atoms with Gasteiger partial charge in [-0.2, -0.15) is 0 Å². The monoisotopic (exact) mass is 362 g/mol. The number of rotatable bonds is 12. The summed E-state index contributed by atoms with van der Waals surface area (Å²) in [7, 11) is 0. The Morgan fingerprint density at radius 3 is 1.96 bits per heavy atom. The highest BCUT2D eigenvalue weighted by atomic mass is 14.2. The van der Waals surface area contributed by atoms with Crippen molar-refractivity contribution in [2.75, 3.05) is 0 Å². The summed E-state index contributed by atoms with van der Waals surface area (Å²) in [6, 6.07) is 21.9. The van der Waals surface area contributed by atoms with Gasteiger partial charge in [-0.1, -0.05) is 100 Å². The lowest BCUT2D eigenvalue weighted by atomic mass is 9.86. The lowest BCUT2D eigenvalue weighted by Crippen LogP contribution is -2.04. The summed E-state index contributed by atoms with van der Waals surface area (Å²) in [6.07, 6.45) is 13.7. The molecular formula is C27H38. The van der Waals surface area contributed by atoms with E-state index in [2.05, 4.69) is 93.6 Å². The number of unbranched alkanes of at least 4 members (excludes halogenated alkanes) is 1. The molecule has 2 aromatic rings. The van der Waals surface area contributed by atoms with E-state index in [1.165, 1.54) is 56.1 Å². The van der Waals surface area contributed by atoms with Gasteiger partial charge >= 0.3 is 0 Å². The van der Waals surface area contributed by atoms with Crippen LogP contribution in [0, 0.1) is 5.92 Å². The lowest BCUT2D eigenvalue weighted by molar-refractivity contribution is 0.423. The molecule has 27 heavy (non-hydrogen) atoms. The van der Waals surface area contributed by atoms with E-state index in [-0.39, 0.29) is 0 Å². The first-order chi connectivity index (χ1) is 13.2. The van der Waals surface area contributed by atoms with Gasteiger partial charge in [-0.3, -0.25) is 0 Å². The second-order valence-corrected chi connectivity index (χ2v) is 8.15. The van der Waals surface area contributed by atoms with Crippen molar-refractivity contribution in [2.24, 2.45) is 5.92 Å². The molecular weight excluding hydrogens is 324 g/mol. The molecule has 2 aromatic carbocycles. The van der Waals surface area contributed by atoms with Gasteiger partial charge in [0.15, 0.2) is 0 Å². The van der Waals surface area contributed by atoms with Crippen LogP contribution < -0.4 is 0 Å². The fourth-order valence-corrected chi connectivity index (χ4v) is 3.98. The standard InChI is InChI=1S/C27H38/c1-4-25(27-20-14-9-15-21-27)22-23(2)16-10-6-5-7-11-17-24(3)26-18-12-8-13-19-26/h5,7-9,12-15,18-21,23-25H,4,6,10-11,16-17,22H2,1-3H3. The Labute approximate surface area is 167 Å². The number of allylic oxidation sites excluding steroid dienone is 2. The first-order valence-electron chi connectivity index (χ1n) is 11.0. The van der Waals surface area contributed by atoms with Crippen molar-refractivity contribution >= 4 is 0 Å². The molecule has 2 rings (SSSR count). The summed E-state index contributed by atoms with van der Waals surface area (Å²) in [6.45, 7) is 7.09. The summed E-state index contributed by atoms with van der Waals surface area (Å²) in [4.78, 5) is 0. The van der Waals surface area contributed by atoms with E-state index in [0.29, 0.717) is 5.92 Å². The molecule has 0 saturated carbocycles. The molecule has 0 aliphatic rings. The third-order valence-electron chi connectivity index (χ3n) is 5.82. The molecule has 146 valence electrons. The van der Waals surface area contributed by atoms with Crippen LogP contribution in [0.25, 0.3) is 0 Å². The van der Waals surface area contributed by atoms with Crippen LogP contribution >= 0.6 is 0 Å². The molecule has 0 aromatic heterocycles. The summed E-state index contributed by atoms with van der Waals surface area (Å²) in [5.74, 6) is 2.18. The van der Waals surface area contributed by atoms with Gasteiger partial charge in [0.2, 0.25) is 0 Å². The van der Waals surface area contributed by atoms with Gasteiger partial charge in [-0.15, -0.1) is 0 Å².